The zero-order valence-electron chi connectivity index (χ0n) is 17.2. The van der Waals surface area contributed by atoms with Crippen LogP contribution in [-0.2, 0) is 4.79 Å². The molecule has 0 spiro atoms. The van der Waals surface area contributed by atoms with E-state index in [1.807, 2.05) is 19.9 Å². The summed E-state index contributed by atoms with van der Waals surface area (Å²) in [5, 5.41) is 2.95. The molecule has 1 N–H and O–H groups in total. The molecule has 0 bridgehead atoms. The van der Waals surface area contributed by atoms with E-state index in [9.17, 15) is 9.18 Å². The van der Waals surface area contributed by atoms with Gasteiger partial charge in [-0.05, 0) is 32.0 Å². The van der Waals surface area contributed by atoms with Crippen molar-refractivity contribution in [2.24, 2.45) is 0 Å². The maximum absolute atomic E-state index is 13.9. The van der Waals surface area contributed by atoms with Gasteiger partial charge in [0.05, 0.1) is 11.7 Å². The highest BCUT2D eigenvalue weighted by Gasteiger charge is 2.27. The number of carbonyl (C=O) groups excluding carboxylic acids is 1. The van der Waals surface area contributed by atoms with Crippen molar-refractivity contribution in [2.75, 3.05) is 36.4 Å². The fourth-order valence-electron chi connectivity index (χ4n) is 3.33. The first-order chi connectivity index (χ1) is 13.7. The smallest absolute Gasteiger partial charge is 0.241 e. The Morgan fingerprint density at radius 3 is 2.45 bits per heavy atom. The number of aromatic nitrogens is 2. The molecule has 1 saturated heterocycles. The molecule has 8 heteroatoms. The molecule has 1 aliphatic heterocycles. The monoisotopic (exact) mass is 419 g/mol. The molecule has 1 aliphatic rings. The second kappa shape index (κ2) is 9.05. The van der Waals surface area contributed by atoms with E-state index in [4.69, 9.17) is 16.6 Å². The first-order valence-corrected chi connectivity index (χ1v) is 10.2. The van der Waals surface area contributed by atoms with Gasteiger partial charge >= 0.3 is 0 Å². The number of rotatable bonds is 5. The summed E-state index contributed by atoms with van der Waals surface area (Å²) in [4.78, 5) is 26.1. The van der Waals surface area contributed by atoms with E-state index in [-0.39, 0.29) is 23.6 Å². The van der Waals surface area contributed by atoms with Gasteiger partial charge in [0.25, 0.3) is 0 Å². The summed E-state index contributed by atoms with van der Waals surface area (Å²) < 4.78 is 13.9. The van der Waals surface area contributed by atoms with Crippen LogP contribution in [0.25, 0.3) is 0 Å². The summed E-state index contributed by atoms with van der Waals surface area (Å²) in [5.41, 5.74) is 1.10. The second-order valence-corrected chi connectivity index (χ2v) is 8.13. The first kappa shape index (κ1) is 21.5. The molecule has 2 heterocycles. The summed E-state index contributed by atoms with van der Waals surface area (Å²) in [6, 6.07) is 5.85. The molecule has 3 rings (SSSR count). The van der Waals surface area contributed by atoms with Crippen molar-refractivity contribution in [3.63, 3.8) is 0 Å². The van der Waals surface area contributed by atoms with Gasteiger partial charge in [-0.15, -0.1) is 0 Å². The molecule has 156 valence electrons. The fraction of sp³-hybridized carbons (Fsp3) is 0.476. The predicted octanol–water partition coefficient (Wildman–Crippen LogP) is 3.85. The van der Waals surface area contributed by atoms with Gasteiger partial charge < -0.3 is 10.2 Å². The van der Waals surface area contributed by atoms with Crippen molar-refractivity contribution < 1.29 is 9.18 Å². The van der Waals surface area contributed by atoms with E-state index in [0.29, 0.717) is 5.02 Å². The minimum Gasteiger partial charge on any atom is -0.354 e. The average Bonchev–Trinajstić information content (AvgIpc) is 2.69. The molecule has 0 aliphatic carbocycles. The van der Waals surface area contributed by atoms with Crippen LogP contribution in [0.3, 0.4) is 0 Å². The number of amides is 1. The second-order valence-electron chi connectivity index (χ2n) is 7.69. The first-order valence-electron chi connectivity index (χ1n) is 9.85. The predicted molar refractivity (Wildman–Crippen MR) is 114 cm³/mol. The van der Waals surface area contributed by atoms with E-state index in [2.05, 4.69) is 33.9 Å². The molecular formula is C21H27ClFN5O. The number of benzene rings is 1. The Morgan fingerprint density at radius 1 is 1.14 bits per heavy atom. The van der Waals surface area contributed by atoms with Crippen LogP contribution < -0.4 is 10.2 Å². The van der Waals surface area contributed by atoms with Gasteiger partial charge in [-0.2, -0.15) is 0 Å². The molecular weight excluding hydrogens is 393 g/mol. The number of nitrogens with zero attached hydrogens (tertiary/aromatic N) is 4. The van der Waals surface area contributed by atoms with Gasteiger partial charge in [0.2, 0.25) is 5.91 Å². The molecule has 1 aromatic carbocycles. The number of piperazine rings is 1. The van der Waals surface area contributed by atoms with Crippen molar-refractivity contribution in [3.8, 4) is 0 Å². The third kappa shape index (κ3) is 5.22. The number of halogens is 2. The van der Waals surface area contributed by atoms with E-state index >= 15 is 0 Å². The number of carbonyl (C=O) groups is 1. The molecule has 6 nitrogen and oxygen atoms in total. The maximum atomic E-state index is 13.9. The lowest BCUT2D eigenvalue weighted by molar-refractivity contribution is -0.120. The van der Waals surface area contributed by atoms with Crippen LogP contribution >= 0.6 is 11.6 Å². The molecule has 0 radical (unpaired) electrons. The van der Waals surface area contributed by atoms with Crippen LogP contribution in [0.5, 0.6) is 0 Å². The van der Waals surface area contributed by atoms with Crippen LogP contribution in [0, 0.1) is 12.7 Å². The molecule has 1 atom stereocenters. The fourth-order valence-corrected chi connectivity index (χ4v) is 3.49. The Labute approximate surface area is 176 Å². The highest BCUT2D eigenvalue weighted by molar-refractivity contribution is 6.30. The lowest BCUT2D eigenvalue weighted by Gasteiger charge is -2.38. The molecule has 29 heavy (non-hydrogen) atoms. The zero-order valence-corrected chi connectivity index (χ0v) is 18.0. The molecule has 0 unspecified atom stereocenters. The summed E-state index contributed by atoms with van der Waals surface area (Å²) in [6.45, 7) is 11.0. The summed E-state index contributed by atoms with van der Waals surface area (Å²) in [5.74, 6) is 1.27. The van der Waals surface area contributed by atoms with Crippen LogP contribution in [0.4, 0.5) is 15.9 Å². The normalized spacial score (nSPS) is 16.2. The topological polar surface area (TPSA) is 61.4 Å². The minimum absolute atomic E-state index is 0.141. The minimum atomic E-state index is -0.539. The van der Waals surface area contributed by atoms with E-state index < -0.39 is 5.82 Å². The Hall–Kier alpha value is -2.25. The van der Waals surface area contributed by atoms with E-state index in [1.54, 1.807) is 6.07 Å². The molecule has 1 fully saturated rings. The van der Waals surface area contributed by atoms with Crippen LogP contribution in [0.2, 0.25) is 5.02 Å². The Kier molecular flexibility index (Phi) is 6.70. The maximum Gasteiger partial charge on any atom is 0.241 e. The lowest BCUT2D eigenvalue weighted by atomic mass is 10.2. The molecule has 1 amide bonds. The summed E-state index contributed by atoms with van der Waals surface area (Å²) >= 11 is 5.76. The van der Waals surface area contributed by atoms with Gasteiger partial charge in [-0.1, -0.05) is 25.4 Å². The van der Waals surface area contributed by atoms with Gasteiger partial charge in [0.1, 0.15) is 17.5 Å². The Morgan fingerprint density at radius 2 is 1.83 bits per heavy atom. The molecule has 2 aromatic rings. The van der Waals surface area contributed by atoms with Crippen LogP contribution in [0.1, 0.15) is 38.2 Å². The van der Waals surface area contributed by atoms with Crippen LogP contribution in [-0.4, -0.2) is 53.0 Å². The van der Waals surface area contributed by atoms with Crippen molar-refractivity contribution >= 4 is 29.0 Å². The average molecular weight is 420 g/mol. The third-order valence-corrected chi connectivity index (χ3v) is 5.36. The standard InChI is InChI=1S/C21H27ClFN5O/c1-13(2)20-24-14(3)11-19(26-20)28-9-7-27(8-10-28)15(4)21(29)25-18-6-5-16(22)12-17(18)23/h5-6,11-13,15H,7-10H2,1-4H3,(H,25,29)/t15-/m0/s1. The largest absolute Gasteiger partial charge is 0.354 e. The van der Waals surface area contributed by atoms with Crippen molar-refractivity contribution in [1.29, 1.82) is 0 Å². The number of hydrogen-bond acceptors (Lipinski definition) is 5. The number of nitrogens with one attached hydrogen (secondary N) is 1. The van der Waals surface area contributed by atoms with Crippen molar-refractivity contribution in [2.45, 2.75) is 39.7 Å². The third-order valence-electron chi connectivity index (χ3n) is 5.13. The van der Waals surface area contributed by atoms with Gasteiger partial charge in [0, 0.05) is 48.9 Å². The van der Waals surface area contributed by atoms with E-state index in [0.717, 1.165) is 43.5 Å². The number of anilines is 2. The SMILES string of the molecule is Cc1cc(N2CCN([C@@H](C)C(=O)Nc3ccc(Cl)cc3F)CC2)nc(C(C)C)n1. The van der Waals surface area contributed by atoms with Crippen molar-refractivity contribution in [3.05, 3.63) is 46.6 Å². The van der Waals surface area contributed by atoms with Gasteiger partial charge in [-0.25, -0.2) is 14.4 Å². The Balaban J connectivity index is 1.60. The van der Waals surface area contributed by atoms with Crippen LogP contribution in [0.15, 0.2) is 24.3 Å². The number of aryl methyl sites for hydroxylation is 1. The molecule has 0 saturated carbocycles. The Bertz CT molecular complexity index is 883. The summed E-state index contributed by atoms with van der Waals surface area (Å²) in [7, 11) is 0. The van der Waals surface area contributed by atoms with E-state index in [1.165, 1.54) is 12.1 Å². The summed E-state index contributed by atoms with van der Waals surface area (Å²) in [6.07, 6.45) is 0. The number of hydrogen-bond donors (Lipinski definition) is 1. The lowest BCUT2D eigenvalue weighted by Crippen LogP contribution is -2.53. The zero-order chi connectivity index (χ0) is 21.1. The van der Waals surface area contributed by atoms with Gasteiger partial charge in [0.15, 0.2) is 0 Å². The highest BCUT2D eigenvalue weighted by atomic mass is 35.5. The quantitative estimate of drug-likeness (QED) is 0.797. The van der Waals surface area contributed by atoms with Crippen molar-refractivity contribution in [1.82, 2.24) is 14.9 Å². The highest BCUT2D eigenvalue weighted by Crippen LogP contribution is 2.21. The molecule has 1 aromatic heterocycles. The van der Waals surface area contributed by atoms with Gasteiger partial charge in [-0.3, -0.25) is 9.69 Å².